The van der Waals surface area contributed by atoms with Gasteiger partial charge in [-0.05, 0) is 30.2 Å². The minimum atomic E-state index is -0.0704. The highest BCUT2D eigenvalue weighted by Gasteiger charge is 2.05. The van der Waals surface area contributed by atoms with Crippen molar-refractivity contribution in [1.29, 1.82) is 0 Å². The Morgan fingerprint density at radius 3 is 2.70 bits per heavy atom. The van der Waals surface area contributed by atoms with Crippen molar-refractivity contribution in [1.82, 2.24) is 5.32 Å². The van der Waals surface area contributed by atoms with E-state index in [2.05, 4.69) is 35.1 Å². The Kier molecular flexibility index (Phi) is 7.37. The SMILES string of the molecule is CCC(CC)CNC(=O)/C=C/c1cc(Br)ccc1OC. The highest BCUT2D eigenvalue weighted by molar-refractivity contribution is 9.10. The van der Waals surface area contributed by atoms with E-state index in [1.165, 1.54) is 0 Å². The van der Waals surface area contributed by atoms with Gasteiger partial charge in [0.15, 0.2) is 0 Å². The quantitative estimate of drug-likeness (QED) is 0.762. The molecule has 0 aliphatic rings. The lowest BCUT2D eigenvalue weighted by Gasteiger charge is -2.11. The van der Waals surface area contributed by atoms with Gasteiger partial charge in [-0.3, -0.25) is 4.79 Å². The van der Waals surface area contributed by atoms with Crippen LogP contribution in [0.15, 0.2) is 28.7 Å². The van der Waals surface area contributed by atoms with E-state index >= 15 is 0 Å². The lowest BCUT2D eigenvalue weighted by molar-refractivity contribution is -0.116. The van der Waals surface area contributed by atoms with Crippen LogP contribution in [-0.4, -0.2) is 19.6 Å². The molecule has 0 aliphatic carbocycles. The first-order valence-electron chi connectivity index (χ1n) is 6.90. The number of carbonyl (C=O) groups is 1. The zero-order valence-corrected chi connectivity index (χ0v) is 13.9. The summed E-state index contributed by atoms with van der Waals surface area (Å²) >= 11 is 3.41. The van der Waals surface area contributed by atoms with Crippen molar-refractivity contribution in [2.75, 3.05) is 13.7 Å². The Hall–Kier alpha value is -1.29. The van der Waals surface area contributed by atoms with E-state index < -0.39 is 0 Å². The summed E-state index contributed by atoms with van der Waals surface area (Å²) in [6.07, 6.45) is 5.48. The van der Waals surface area contributed by atoms with Gasteiger partial charge in [0, 0.05) is 22.7 Å². The van der Waals surface area contributed by atoms with Crippen LogP contribution >= 0.6 is 15.9 Å². The summed E-state index contributed by atoms with van der Waals surface area (Å²) in [5.74, 6) is 1.23. The summed E-state index contributed by atoms with van der Waals surface area (Å²) in [4.78, 5) is 11.8. The van der Waals surface area contributed by atoms with Crippen LogP contribution in [0.3, 0.4) is 0 Å². The maximum absolute atomic E-state index is 11.8. The van der Waals surface area contributed by atoms with E-state index in [-0.39, 0.29) is 5.91 Å². The number of carbonyl (C=O) groups excluding carboxylic acids is 1. The largest absolute Gasteiger partial charge is 0.496 e. The monoisotopic (exact) mass is 339 g/mol. The highest BCUT2D eigenvalue weighted by Crippen LogP contribution is 2.23. The first kappa shape index (κ1) is 16.8. The zero-order valence-electron chi connectivity index (χ0n) is 12.3. The molecule has 1 N–H and O–H groups in total. The maximum Gasteiger partial charge on any atom is 0.244 e. The summed E-state index contributed by atoms with van der Waals surface area (Å²) in [7, 11) is 1.62. The Morgan fingerprint density at radius 2 is 2.10 bits per heavy atom. The van der Waals surface area contributed by atoms with Gasteiger partial charge in [-0.25, -0.2) is 0 Å². The van der Waals surface area contributed by atoms with Gasteiger partial charge in [-0.1, -0.05) is 42.6 Å². The molecule has 110 valence electrons. The predicted octanol–water partition coefficient (Wildman–Crippen LogP) is 4.02. The van der Waals surface area contributed by atoms with Crippen molar-refractivity contribution in [2.24, 2.45) is 5.92 Å². The normalized spacial score (nSPS) is 11.1. The van der Waals surface area contributed by atoms with Crippen LogP contribution in [0, 0.1) is 5.92 Å². The second kappa shape index (κ2) is 8.80. The predicted molar refractivity (Wildman–Crippen MR) is 86.8 cm³/mol. The number of hydrogen-bond donors (Lipinski definition) is 1. The van der Waals surface area contributed by atoms with Crippen molar-refractivity contribution in [3.63, 3.8) is 0 Å². The van der Waals surface area contributed by atoms with Gasteiger partial charge in [0.2, 0.25) is 5.91 Å². The molecule has 20 heavy (non-hydrogen) atoms. The molecule has 0 spiro atoms. The first-order valence-corrected chi connectivity index (χ1v) is 7.69. The number of amides is 1. The van der Waals surface area contributed by atoms with E-state index in [1.54, 1.807) is 19.3 Å². The summed E-state index contributed by atoms with van der Waals surface area (Å²) in [5, 5.41) is 2.93. The van der Waals surface area contributed by atoms with Crippen LogP contribution in [0.4, 0.5) is 0 Å². The van der Waals surface area contributed by atoms with Gasteiger partial charge in [0.1, 0.15) is 5.75 Å². The number of nitrogens with one attached hydrogen (secondary N) is 1. The topological polar surface area (TPSA) is 38.3 Å². The van der Waals surface area contributed by atoms with Crippen LogP contribution in [0.25, 0.3) is 6.08 Å². The number of ether oxygens (including phenoxy) is 1. The fourth-order valence-electron chi connectivity index (χ4n) is 1.88. The third-order valence-corrected chi connectivity index (χ3v) is 3.82. The van der Waals surface area contributed by atoms with E-state index in [0.717, 1.165) is 35.2 Å². The molecule has 1 amide bonds. The van der Waals surface area contributed by atoms with Gasteiger partial charge in [-0.15, -0.1) is 0 Å². The molecule has 0 heterocycles. The Bertz CT molecular complexity index is 468. The van der Waals surface area contributed by atoms with Crippen LogP contribution < -0.4 is 10.1 Å². The first-order chi connectivity index (χ1) is 9.60. The number of methoxy groups -OCH3 is 1. The molecule has 1 aromatic carbocycles. The second-order valence-corrected chi connectivity index (χ2v) is 5.56. The Labute approximate surface area is 129 Å². The van der Waals surface area contributed by atoms with E-state index in [4.69, 9.17) is 4.74 Å². The third-order valence-electron chi connectivity index (χ3n) is 3.33. The van der Waals surface area contributed by atoms with E-state index in [9.17, 15) is 4.79 Å². The summed E-state index contributed by atoms with van der Waals surface area (Å²) < 4.78 is 6.22. The van der Waals surface area contributed by atoms with Crippen LogP contribution in [0.1, 0.15) is 32.3 Å². The maximum atomic E-state index is 11.8. The van der Waals surface area contributed by atoms with Crippen LogP contribution in [0.2, 0.25) is 0 Å². The van der Waals surface area contributed by atoms with E-state index in [1.807, 2.05) is 18.2 Å². The fourth-order valence-corrected chi connectivity index (χ4v) is 2.26. The molecule has 0 saturated carbocycles. The molecule has 3 nitrogen and oxygen atoms in total. The van der Waals surface area contributed by atoms with Crippen molar-refractivity contribution in [3.8, 4) is 5.75 Å². The smallest absolute Gasteiger partial charge is 0.244 e. The zero-order chi connectivity index (χ0) is 15.0. The minimum absolute atomic E-state index is 0.0704. The standard InChI is InChI=1S/C16H22BrNO2/c1-4-12(5-2)11-18-16(19)9-6-13-10-14(17)7-8-15(13)20-3/h6-10,12H,4-5,11H2,1-3H3,(H,18,19)/b9-6+. The Morgan fingerprint density at radius 1 is 1.40 bits per heavy atom. The molecule has 0 fully saturated rings. The van der Waals surface area contributed by atoms with Crippen molar-refractivity contribution >= 4 is 27.9 Å². The van der Waals surface area contributed by atoms with Crippen molar-refractivity contribution in [3.05, 3.63) is 34.3 Å². The molecule has 1 aromatic rings. The summed E-state index contributed by atoms with van der Waals surface area (Å²) in [5.41, 5.74) is 0.875. The average Bonchev–Trinajstić information content (AvgIpc) is 2.46. The van der Waals surface area contributed by atoms with Crippen molar-refractivity contribution in [2.45, 2.75) is 26.7 Å². The number of halogens is 1. The molecular formula is C16H22BrNO2. The molecule has 0 saturated heterocycles. The summed E-state index contributed by atoms with van der Waals surface area (Å²) in [6, 6.07) is 5.69. The van der Waals surface area contributed by atoms with Gasteiger partial charge in [-0.2, -0.15) is 0 Å². The molecule has 0 aromatic heterocycles. The molecule has 0 aliphatic heterocycles. The van der Waals surface area contributed by atoms with Gasteiger partial charge in [0.25, 0.3) is 0 Å². The van der Waals surface area contributed by atoms with Gasteiger partial charge >= 0.3 is 0 Å². The lowest BCUT2D eigenvalue weighted by Crippen LogP contribution is -2.27. The number of benzene rings is 1. The number of hydrogen-bond acceptors (Lipinski definition) is 2. The molecular weight excluding hydrogens is 318 g/mol. The average molecular weight is 340 g/mol. The lowest BCUT2D eigenvalue weighted by atomic mass is 10.0. The number of rotatable bonds is 7. The minimum Gasteiger partial charge on any atom is -0.496 e. The van der Waals surface area contributed by atoms with E-state index in [0.29, 0.717) is 5.92 Å². The van der Waals surface area contributed by atoms with Gasteiger partial charge in [0.05, 0.1) is 7.11 Å². The van der Waals surface area contributed by atoms with Crippen LogP contribution in [0.5, 0.6) is 5.75 Å². The highest BCUT2D eigenvalue weighted by atomic mass is 79.9. The molecule has 4 heteroatoms. The molecule has 0 bridgehead atoms. The van der Waals surface area contributed by atoms with Crippen molar-refractivity contribution < 1.29 is 9.53 Å². The molecule has 0 radical (unpaired) electrons. The molecule has 1 rings (SSSR count). The molecule has 0 atom stereocenters. The fraction of sp³-hybridized carbons (Fsp3) is 0.438. The molecule has 0 unspecified atom stereocenters. The summed E-state index contributed by atoms with van der Waals surface area (Å²) in [6.45, 7) is 5.01. The third kappa shape index (κ3) is 5.37. The van der Waals surface area contributed by atoms with Crippen LogP contribution in [-0.2, 0) is 4.79 Å². The van der Waals surface area contributed by atoms with Gasteiger partial charge < -0.3 is 10.1 Å². The Balaban J connectivity index is 2.63. The second-order valence-electron chi connectivity index (χ2n) is 4.65.